The van der Waals surface area contributed by atoms with Crippen molar-refractivity contribution < 1.29 is 13.5 Å². The lowest BCUT2D eigenvalue weighted by Gasteiger charge is -2.11. The largest absolute Gasteiger partial charge is 0.508 e. The third kappa shape index (κ3) is 2.65. The van der Waals surface area contributed by atoms with Gasteiger partial charge in [-0.05, 0) is 37.3 Å². The first-order chi connectivity index (χ1) is 11.3. The first-order valence-electron chi connectivity index (χ1n) is 7.57. The van der Waals surface area contributed by atoms with Gasteiger partial charge in [0, 0.05) is 26.2 Å². The molecule has 0 atom stereocenters. The van der Waals surface area contributed by atoms with Gasteiger partial charge in [0.1, 0.15) is 11.6 Å². The van der Waals surface area contributed by atoms with Crippen molar-refractivity contribution in [2.24, 2.45) is 0 Å². The maximum atomic E-state index is 12.3. The second-order valence-electron chi connectivity index (χ2n) is 5.67. The summed E-state index contributed by atoms with van der Waals surface area (Å²) in [4.78, 5) is 4.81. The van der Waals surface area contributed by atoms with Crippen LogP contribution in [-0.2, 0) is 16.6 Å². The predicted octanol–water partition coefficient (Wildman–Crippen LogP) is 2.68. The number of aryl methyl sites for hydroxylation is 1. The van der Waals surface area contributed by atoms with Crippen LogP contribution in [0, 0.1) is 0 Å². The number of phenolic OH excluding ortho intramolecular Hbond substituents is 1. The first kappa shape index (κ1) is 16.5. The van der Waals surface area contributed by atoms with Crippen molar-refractivity contribution in [2.75, 3.05) is 14.1 Å². The molecule has 0 fully saturated rings. The Bertz CT molecular complexity index is 1010. The third-order valence-corrected chi connectivity index (χ3v) is 5.73. The zero-order chi connectivity index (χ0) is 17.5. The van der Waals surface area contributed by atoms with Crippen LogP contribution in [0.5, 0.6) is 5.75 Å². The van der Waals surface area contributed by atoms with Crippen LogP contribution in [0.3, 0.4) is 0 Å². The Kier molecular flexibility index (Phi) is 4.06. The minimum Gasteiger partial charge on any atom is -0.508 e. The number of aromatic nitrogens is 2. The third-order valence-electron chi connectivity index (χ3n) is 3.92. The Hall–Kier alpha value is -2.38. The van der Waals surface area contributed by atoms with E-state index in [0.29, 0.717) is 17.9 Å². The average Bonchev–Trinajstić information content (AvgIpc) is 2.92. The van der Waals surface area contributed by atoms with Crippen LogP contribution in [0.2, 0.25) is 0 Å². The van der Waals surface area contributed by atoms with Gasteiger partial charge in [-0.2, -0.15) is 0 Å². The van der Waals surface area contributed by atoms with Gasteiger partial charge >= 0.3 is 0 Å². The number of hydrogen-bond donors (Lipinski definition) is 1. The van der Waals surface area contributed by atoms with Crippen molar-refractivity contribution in [3.05, 3.63) is 42.5 Å². The van der Waals surface area contributed by atoms with Crippen molar-refractivity contribution in [2.45, 2.75) is 18.4 Å². The Morgan fingerprint density at radius 2 is 1.92 bits per heavy atom. The summed E-state index contributed by atoms with van der Waals surface area (Å²) >= 11 is 0. The van der Waals surface area contributed by atoms with Crippen LogP contribution in [-0.4, -0.2) is 41.5 Å². The van der Waals surface area contributed by atoms with E-state index in [9.17, 15) is 13.5 Å². The van der Waals surface area contributed by atoms with Crippen LogP contribution in [0.15, 0.2) is 47.4 Å². The molecule has 7 heteroatoms. The van der Waals surface area contributed by atoms with Crippen molar-refractivity contribution in [1.29, 1.82) is 0 Å². The second-order valence-corrected chi connectivity index (χ2v) is 7.82. The van der Waals surface area contributed by atoms with E-state index in [-0.39, 0.29) is 10.6 Å². The Morgan fingerprint density at radius 3 is 2.54 bits per heavy atom. The van der Waals surface area contributed by atoms with E-state index < -0.39 is 10.0 Å². The summed E-state index contributed by atoms with van der Waals surface area (Å²) in [6.07, 6.45) is 0. The van der Waals surface area contributed by atoms with Gasteiger partial charge in [0.25, 0.3) is 0 Å². The van der Waals surface area contributed by atoms with E-state index in [1.165, 1.54) is 18.4 Å². The van der Waals surface area contributed by atoms with Crippen molar-refractivity contribution in [3.63, 3.8) is 0 Å². The lowest BCUT2D eigenvalue weighted by atomic mass is 10.2. The first-order valence-corrected chi connectivity index (χ1v) is 9.01. The molecule has 3 rings (SSSR count). The predicted molar refractivity (Wildman–Crippen MR) is 93.4 cm³/mol. The molecule has 126 valence electrons. The molecule has 0 saturated carbocycles. The molecule has 6 nitrogen and oxygen atoms in total. The monoisotopic (exact) mass is 345 g/mol. The van der Waals surface area contributed by atoms with Crippen molar-refractivity contribution in [1.82, 2.24) is 13.9 Å². The number of nitrogens with zero attached hydrogens (tertiary/aromatic N) is 3. The number of rotatable bonds is 4. The molecule has 0 aliphatic heterocycles. The SMILES string of the molecule is CCn1c(-c2cccc(O)c2)nc2cc(S(=O)(=O)N(C)C)ccc21. The maximum Gasteiger partial charge on any atom is 0.242 e. The fourth-order valence-corrected chi connectivity index (χ4v) is 3.59. The van der Waals surface area contributed by atoms with Gasteiger partial charge in [-0.25, -0.2) is 17.7 Å². The van der Waals surface area contributed by atoms with Gasteiger partial charge in [0.2, 0.25) is 10.0 Å². The zero-order valence-electron chi connectivity index (χ0n) is 13.8. The molecule has 0 aliphatic rings. The second kappa shape index (κ2) is 5.92. The molecular weight excluding hydrogens is 326 g/mol. The summed E-state index contributed by atoms with van der Waals surface area (Å²) in [5.41, 5.74) is 2.25. The molecule has 1 N–H and O–H groups in total. The Morgan fingerprint density at radius 1 is 1.17 bits per heavy atom. The van der Waals surface area contributed by atoms with E-state index in [4.69, 9.17) is 0 Å². The molecule has 0 amide bonds. The highest BCUT2D eigenvalue weighted by Crippen LogP contribution is 2.28. The molecule has 0 spiro atoms. The molecule has 3 aromatic rings. The van der Waals surface area contributed by atoms with Gasteiger partial charge in [-0.15, -0.1) is 0 Å². The van der Waals surface area contributed by atoms with Gasteiger partial charge < -0.3 is 9.67 Å². The molecule has 0 bridgehead atoms. The summed E-state index contributed by atoms with van der Waals surface area (Å²) in [6, 6.07) is 11.8. The fraction of sp³-hybridized carbons (Fsp3) is 0.235. The minimum absolute atomic E-state index is 0.165. The number of aromatic hydroxyl groups is 1. The van der Waals surface area contributed by atoms with Crippen molar-refractivity contribution in [3.8, 4) is 17.1 Å². The van der Waals surface area contributed by atoms with E-state index in [1.54, 1.807) is 36.4 Å². The number of benzene rings is 2. The molecule has 1 heterocycles. The summed E-state index contributed by atoms with van der Waals surface area (Å²) in [5, 5.41) is 9.70. The highest BCUT2D eigenvalue weighted by atomic mass is 32.2. The van der Waals surface area contributed by atoms with Crippen LogP contribution in [0.25, 0.3) is 22.4 Å². The number of fused-ring (bicyclic) bond motifs is 1. The van der Waals surface area contributed by atoms with E-state index in [0.717, 1.165) is 11.1 Å². The van der Waals surface area contributed by atoms with Gasteiger partial charge in [0.15, 0.2) is 0 Å². The maximum absolute atomic E-state index is 12.3. The summed E-state index contributed by atoms with van der Waals surface area (Å²) < 4.78 is 27.8. The lowest BCUT2D eigenvalue weighted by Crippen LogP contribution is -2.22. The molecule has 0 saturated heterocycles. The number of imidazole rings is 1. The molecular formula is C17H19N3O3S. The molecule has 0 aliphatic carbocycles. The van der Waals surface area contributed by atoms with Crippen LogP contribution >= 0.6 is 0 Å². The number of sulfonamides is 1. The Labute approximate surface area is 141 Å². The molecule has 2 aromatic carbocycles. The summed E-state index contributed by atoms with van der Waals surface area (Å²) in [6.45, 7) is 2.68. The highest BCUT2D eigenvalue weighted by Gasteiger charge is 2.20. The van der Waals surface area contributed by atoms with Crippen LogP contribution < -0.4 is 0 Å². The smallest absolute Gasteiger partial charge is 0.242 e. The quantitative estimate of drug-likeness (QED) is 0.789. The Balaban J connectivity index is 2.23. The standard InChI is InChI=1S/C17H19N3O3S/c1-4-20-16-9-8-14(24(22,23)19(2)3)11-15(16)18-17(20)12-6-5-7-13(21)10-12/h5-11,21H,4H2,1-3H3. The van der Waals surface area contributed by atoms with Gasteiger partial charge in [0.05, 0.1) is 15.9 Å². The average molecular weight is 345 g/mol. The minimum atomic E-state index is -3.51. The van der Waals surface area contributed by atoms with Gasteiger partial charge in [-0.1, -0.05) is 12.1 Å². The number of phenols is 1. The van der Waals surface area contributed by atoms with E-state index >= 15 is 0 Å². The molecule has 1 aromatic heterocycles. The highest BCUT2D eigenvalue weighted by molar-refractivity contribution is 7.89. The lowest BCUT2D eigenvalue weighted by molar-refractivity contribution is 0.475. The van der Waals surface area contributed by atoms with Crippen LogP contribution in [0.4, 0.5) is 0 Å². The topological polar surface area (TPSA) is 75.4 Å². The molecule has 24 heavy (non-hydrogen) atoms. The molecule has 0 unspecified atom stereocenters. The fourth-order valence-electron chi connectivity index (χ4n) is 2.67. The normalized spacial score (nSPS) is 12.2. The van der Waals surface area contributed by atoms with Gasteiger partial charge in [-0.3, -0.25) is 0 Å². The van der Waals surface area contributed by atoms with E-state index in [1.807, 2.05) is 17.6 Å². The van der Waals surface area contributed by atoms with E-state index in [2.05, 4.69) is 4.98 Å². The number of hydrogen-bond acceptors (Lipinski definition) is 4. The molecule has 0 radical (unpaired) electrons. The summed E-state index contributed by atoms with van der Waals surface area (Å²) in [7, 11) is -0.501. The summed E-state index contributed by atoms with van der Waals surface area (Å²) in [5.74, 6) is 0.862. The van der Waals surface area contributed by atoms with Crippen LogP contribution in [0.1, 0.15) is 6.92 Å². The van der Waals surface area contributed by atoms with Crippen molar-refractivity contribution >= 4 is 21.1 Å². The zero-order valence-corrected chi connectivity index (χ0v) is 14.6.